The average Bonchev–Trinajstić information content (AvgIpc) is 2.77. The molecule has 0 spiro atoms. The van der Waals surface area contributed by atoms with Crippen molar-refractivity contribution in [2.45, 2.75) is 32.6 Å². The summed E-state index contributed by atoms with van der Waals surface area (Å²) in [6, 6.07) is 10.3. The van der Waals surface area contributed by atoms with Crippen LogP contribution in [-0.4, -0.2) is 21.3 Å². The van der Waals surface area contributed by atoms with E-state index < -0.39 is 0 Å². The molecule has 1 heterocycles. The van der Waals surface area contributed by atoms with Gasteiger partial charge in [-0.3, -0.25) is 4.68 Å². The fourth-order valence-electron chi connectivity index (χ4n) is 2.06. The second kappa shape index (κ2) is 6.92. The van der Waals surface area contributed by atoms with Gasteiger partial charge < -0.3 is 5.32 Å². The first-order chi connectivity index (χ1) is 9.29. The van der Waals surface area contributed by atoms with Crippen molar-refractivity contribution in [2.24, 2.45) is 7.05 Å². The van der Waals surface area contributed by atoms with Crippen molar-refractivity contribution in [1.29, 1.82) is 0 Å². The summed E-state index contributed by atoms with van der Waals surface area (Å²) < 4.78 is 1.91. The minimum Gasteiger partial charge on any atom is -0.385 e. The Morgan fingerprint density at radius 3 is 2.68 bits per heavy atom. The van der Waals surface area contributed by atoms with Gasteiger partial charge in [-0.15, -0.1) is 0 Å². The van der Waals surface area contributed by atoms with E-state index in [-0.39, 0.29) is 0 Å². The van der Waals surface area contributed by atoms with Crippen LogP contribution in [0.4, 0.5) is 5.69 Å². The van der Waals surface area contributed by atoms with Crippen LogP contribution in [0.2, 0.25) is 0 Å². The Morgan fingerprint density at radius 1 is 1.16 bits per heavy atom. The molecule has 0 atom stereocenters. The van der Waals surface area contributed by atoms with Crippen molar-refractivity contribution in [1.82, 2.24) is 14.8 Å². The lowest BCUT2D eigenvalue weighted by Gasteiger charge is -2.05. The van der Waals surface area contributed by atoms with Crippen LogP contribution in [-0.2, 0) is 19.9 Å². The largest absolute Gasteiger partial charge is 0.385 e. The topological polar surface area (TPSA) is 42.7 Å². The summed E-state index contributed by atoms with van der Waals surface area (Å²) >= 11 is 0. The maximum Gasteiger partial charge on any atom is 0.150 e. The Bertz CT molecular complexity index is 490. The first-order valence-electron chi connectivity index (χ1n) is 6.97. The van der Waals surface area contributed by atoms with Gasteiger partial charge in [0.1, 0.15) is 5.82 Å². The van der Waals surface area contributed by atoms with Gasteiger partial charge >= 0.3 is 0 Å². The summed E-state index contributed by atoms with van der Waals surface area (Å²) in [5, 5.41) is 7.83. The summed E-state index contributed by atoms with van der Waals surface area (Å²) in [6.07, 6.45) is 4.09. The molecule has 0 bridgehead atoms. The summed E-state index contributed by atoms with van der Waals surface area (Å²) in [5.41, 5.74) is 1.17. The van der Waals surface area contributed by atoms with Gasteiger partial charge in [0.05, 0.1) is 0 Å². The zero-order chi connectivity index (χ0) is 13.5. The summed E-state index contributed by atoms with van der Waals surface area (Å²) in [4.78, 5) is 4.57. The number of rotatable bonds is 7. The lowest BCUT2D eigenvalue weighted by molar-refractivity contribution is 0.673. The number of nitrogens with one attached hydrogen (secondary N) is 1. The van der Waals surface area contributed by atoms with Crippen LogP contribution in [0.1, 0.15) is 31.4 Å². The number of aryl methyl sites for hydroxylation is 3. The van der Waals surface area contributed by atoms with Crippen molar-refractivity contribution in [2.75, 3.05) is 11.9 Å². The zero-order valence-corrected chi connectivity index (χ0v) is 11.8. The molecule has 0 saturated heterocycles. The van der Waals surface area contributed by atoms with E-state index >= 15 is 0 Å². The van der Waals surface area contributed by atoms with Crippen molar-refractivity contribution in [3.63, 3.8) is 0 Å². The average molecular weight is 258 g/mol. The quantitative estimate of drug-likeness (QED) is 0.777. The third kappa shape index (κ3) is 4.09. The Kier molecular flexibility index (Phi) is 4.95. The van der Waals surface area contributed by atoms with Gasteiger partial charge in [0.2, 0.25) is 0 Å². The molecule has 19 heavy (non-hydrogen) atoms. The van der Waals surface area contributed by atoms with Crippen molar-refractivity contribution < 1.29 is 0 Å². The highest BCUT2D eigenvalue weighted by atomic mass is 15.3. The molecule has 0 saturated carbocycles. The SMILES string of the molecule is CCCc1nc(CCCNc2ccccc2)n(C)n1. The maximum absolute atomic E-state index is 4.57. The second-order valence-electron chi connectivity index (χ2n) is 4.71. The molecule has 0 aliphatic heterocycles. The molecule has 4 heteroatoms. The van der Waals surface area contributed by atoms with E-state index in [0.717, 1.165) is 43.9 Å². The predicted octanol–water partition coefficient (Wildman–Crippen LogP) is 2.81. The van der Waals surface area contributed by atoms with E-state index in [1.165, 1.54) is 5.69 Å². The number of hydrogen-bond acceptors (Lipinski definition) is 3. The van der Waals surface area contributed by atoms with Crippen molar-refractivity contribution in [3.8, 4) is 0 Å². The van der Waals surface area contributed by atoms with E-state index in [2.05, 4.69) is 34.5 Å². The van der Waals surface area contributed by atoms with Gasteiger partial charge in [-0.05, 0) is 25.0 Å². The van der Waals surface area contributed by atoms with Crippen LogP contribution >= 0.6 is 0 Å². The number of para-hydroxylation sites is 1. The molecule has 4 nitrogen and oxygen atoms in total. The van der Waals surface area contributed by atoms with E-state index in [1.807, 2.05) is 29.9 Å². The smallest absolute Gasteiger partial charge is 0.150 e. The van der Waals surface area contributed by atoms with Crippen LogP contribution in [0.25, 0.3) is 0 Å². The molecule has 1 N–H and O–H groups in total. The van der Waals surface area contributed by atoms with Crippen LogP contribution in [0, 0.1) is 0 Å². The number of nitrogens with zero attached hydrogens (tertiary/aromatic N) is 3. The van der Waals surface area contributed by atoms with E-state index in [0.29, 0.717) is 0 Å². The number of benzene rings is 1. The fraction of sp³-hybridized carbons (Fsp3) is 0.467. The van der Waals surface area contributed by atoms with Crippen LogP contribution in [0.15, 0.2) is 30.3 Å². The molecule has 1 aromatic heterocycles. The molecule has 1 aromatic carbocycles. The predicted molar refractivity (Wildman–Crippen MR) is 78.3 cm³/mol. The van der Waals surface area contributed by atoms with Crippen LogP contribution in [0.3, 0.4) is 0 Å². The Labute approximate surface area is 114 Å². The van der Waals surface area contributed by atoms with E-state index in [9.17, 15) is 0 Å². The van der Waals surface area contributed by atoms with Gasteiger partial charge in [-0.25, -0.2) is 4.98 Å². The monoisotopic (exact) mass is 258 g/mol. The molecule has 2 aromatic rings. The highest BCUT2D eigenvalue weighted by Gasteiger charge is 2.05. The molecule has 2 rings (SSSR count). The van der Waals surface area contributed by atoms with Gasteiger partial charge in [0.25, 0.3) is 0 Å². The lowest BCUT2D eigenvalue weighted by Crippen LogP contribution is -2.06. The molecule has 0 aliphatic rings. The summed E-state index contributed by atoms with van der Waals surface area (Å²) in [6.45, 7) is 3.11. The molecular weight excluding hydrogens is 236 g/mol. The van der Waals surface area contributed by atoms with E-state index in [4.69, 9.17) is 0 Å². The molecular formula is C15H22N4. The Morgan fingerprint density at radius 2 is 1.95 bits per heavy atom. The third-order valence-electron chi connectivity index (χ3n) is 3.05. The minimum atomic E-state index is 0.958. The zero-order valence-electron chi connectivity index (χ0n) is 11.8. The van der Waals surface area contributed by atoms with Gasteiger partial charge in [0.15, 0.2) is 5.82 Å². The molecule has 0 amide bonds. The van der Waals surface area contributed by atoms with Gasteiger partial charge in [-0.1, -0.05) is 25.1 Å². The van der Waals surface area contributed by atoms with Crippen molar-refractivity contribution >= 4 is 5.69 Å². The normalized spacial score (nSPS) is 10.6. The first kappa shape index (κ1) is 13.6. The Hall–Kier alpha value is -1.84. The van der Waals surface area contributed by atoms with Crippen molar-refractivity contribution in [3.05, 3.63) is 42.0 Å². The number of hydrogen-bond donors (Lipinski definition) is 1. The van der Waals surface area contributed by atoms with Gasteiger partial charge in [-0.2, -0.15) is 5.10 Å². The van der Waals surface area contributed by atoms with Crippen LogP contribution < -0.4 is 5.32 Å². The molecule has 0 aliphatic carbocycles. The molecule has 0 fully saturated rings. The number of aromatic nitrogens is 3. The number of anilines is 1. The van der Waals surface area contributed by atoms with Crippen LogP contribution in [0.5, 0.6) is 0 Å². The minimum absolute atomic E-state index is 0.958. The summed E-state index contributed by atoms with van der Waals surface area (Å²) in [7, 11) is 1.98. The lowest BCUT2D eigenvalue weighted by atomic mass is 10.2. The highest BCUT2D eigenvalue weighted by Crippen LogP contribution is 2.06. The van der Waals surface area contributed by atoms with Gasteiger partial charge in [0, 0.05) is 32.1 Å². The Balaban J connectivity index is 1.76. The van der Waals surface area contributed by atoms with E-state index in [1.54, 1.807) is 0 Å². The second-order valence-corrected chi connectivity index (χ2v) is 4.71. The molecule has 0 radical (unpaired) electrons. The standard InChI is InChI=1S/C15H22N4/c1-3-8-14-17-15(19(2)18-14)11-7-12-16-13-9-5-4-6-10-13/h4-6,9-10,16H,3,7-8,11-12H2,1-2H3. The first-order valence-corrected chi connectivity index (χ1v) is 6.97. The summed E-state index contributed by atoms with van der Waals surface area (Å²) in [5.74, 6) is 2.05. The maximum atomic E-state index is 4.57. The molecule has 0 unspecified atom stereocenters. The fourth-order valence-corrected chi connectivity index (χ4v) is 2.06. The highest BCUT2D eigenvalue weighted by molar-refractivity contribution is 5.42. The third-order valence-corrected chi connectivity index (χ3v) is 3.05. The molecule has 102 valence electrons.